The van der Waals surface area contributed by atoms with E-state index in [2.05, 4.69) is 37.9 Å². The van der Waals surface area contributed by atoms with Crippen molar-refractivity contribution in [3.8, 4) is 6.07 Å². The van der Waals surface area contributed by atoms with Crippen molar-refractivity contribution in [1.29, 1.82) is 5.26 Å². The van der Waals surface area contributed by atoms with Gasteiger partial charge in [0.1, 0.15) is 0 Å². The van der Waals surface area contributed by atoms with Crippen LogP contribution in [0, 0.1) is 17.2 Å². The summed E-state index contributed by atoms with van der Waals surface area (Å²) in [5.41, 5.74) is 3.88. The van der Waals surface area contributed by atoms with E-state index in [1.165, 1.54) is 0 Å². The maximum atomic E-state index is 12.0. The number of carbonyl (C=O) groups excluding carboxylic acids is 1. The third-order valence-electron chi connectivity index (χ3n) is 7.26. The zero-order chi connectivity index (χ0) is 26.6. The van der Waals surface area contributed by atoms with E-state index >= 15 is 0 Å². The molecule has 6 heteroatoms. The Morgan fingerprint density at radius 2 is 1.97 bits per heavy atom. The first-order valence-electron chi connectivity index (χ1n) is 13.3. The van der Waals surface area contributed by atoms with E-state index in [9.17, 15) is 10.1 Å². The Kier molecular flexibility index (Phi) is 11.7. The van der Waals surface area contributed by atoms with Crippen LogP contribution in [-0.2, 0) is 10.3 Å². The molecule has 2 heterocycles. The van der Waals surface area contributed by atoms with Crippen molar-refractivity contribution in [3.63, 3.8) is 0 Å². The highest BCUT2D eigenvalue weighted by Gasteiger charge is 2.32. The molecule has 0 saturated carbocycles. The zero-order valence-corrected chi connectivity index (χ0v) is 22.9. The third-order valence-corrected chi connectivity index (χ3v) is 7.26. The summed E-state index contributed by atoms with van der Waals surface area (Å²) in [6.45, 7) is 16.2. The minimum absolute atomic E-state index is 0.194. The van der Waals surface area contributed by atoms with Gasteiger partial charge in [0.15, 0.2) is 0 Å². The lowest BCUT2D eigenvalue weighted by molar-refractivity contribution is 0.0900. The number of nitrogens with zero attached hydrogens (tertiary/aromatic N) is 4. The summed E-state index contributed by atoms with van der Waals surface area (Å²) < 4.78 is 7.17. The Balaban J connectivity index is 2.17. The molecule has 1 amide bonds. The summed E-state index contributed by atoms with van der Waals surface area (Å²) in [6, 6.07) is 2.43. The van der Waals surface area contributed by atoms with Gasteiger partial charge in [-0.25, -0.2) is 4.79 Å². The lowest BCUT2D eigenvalue weighted by Crippen LogP contribution is -2.39. The molecule has 0 aliphatic carbocycles. The van der Waals surface area contributed by atoms with Gasteiger partial charge in [-0.1, -0.05) is 56.2 Å². The SMILES string of the molecule is C=C(C)C(/C=C\C)=C(\C=C/C)c1cnn(C(CC)(CC#N)CCCC2CCN(C(=O)OCC)CC2)c1. The summed E-state index contributed by atoms with van der Waals surface area (Å²) in [7, 11) is 0. The first-order valence-corrected chi connectivity index (χ1v) is 13.3. The number of allylic oxidation sites excluding steroid dienone is 7. The van der Waals surface area contributed by atoms with Crippen LogP contribution in [-0.4, -0.2) is 40.5 Å². The van der Waals surface area contributed by atoms with E-state index in [4.69, 9.17) is 9.84 Å². The van der Waals surface area contributed by atoms with Gasteiger partial charge in [-0.15, -0.1) is 0 Å². The van der Waals surface area contributed by atoms with E-state index in [1.54, 1.807) is 0 Å². The predicted molar refractivity (Wildman–Crippen MR) is 147 cm³/mol. The van der Waals surface area contributed by atoms with Gasteiger partial charge in [-0.05, 0) is 70.4 Å². The number of amides is 1. The van der Waals surface area contributed by atoms with Crippen LogP contribution in [0.25, 0.3) is 5.57 Å². The molecule has 6 nitrogen and oxygen atoms in total. The third kappa shape index (κ3) is 7.46. The van der Waals surface area contributed by atoms with Crippen molar-refractivity contribution < 1.29 is 9.53 Å². The Morgan fingerprint density at radius 3 is 2.53 bits per heavy atom. The Labute approximate surface area is 218 Å². The maximum absolute atomic E-state index is 12.0. The molecule has 36 heavy (non-hydrogen) atoms. The second kappa shape index (κ2) is 14.5. The molecule has 1 aliphatic heterocycles. The molecule has 1 saturated heterocycles. The number of nitriles is 1. The van der Waals surface area contributed by atoms with Crippen molar-refractivity contribution >= 4 is 11.7 Å². The lowest BCUT2D eigenvalue weighted by Gasteiger charge is -2.34. The van der Waals surface area contributed by atoms with Crippen LogP contribution in [0.5, 0.6) is 0 Å². The molecule has 0 bridgehead atoms. The lowest BCUT2D eigenvalue weighted by atomic mass is 9.83. The zero-order valence-electron chi connectivity index (χ0n) is 22.9. The molecule has 1 aromatic heterocycles. The Hall–Kier alpha value is -3.07. The van der Waals surface area contributed by atoms with E-state index in [0.29, 0.717) is 18.9 Å². The molecular weight excluding hydrogens is 448 g/mol. The summed E-state index contributed by atoms with van der Waals surface area (Å²) in [4.78, 5) is 13.8. The smallest absolute Gasteiger partial charge is 0.409 e. The van der Waals surface area contributed by atoms with Gasteiger partial charge in [-0.3, -0.25) is 4.68 Å². The van der Waals surface area contributed by atoms with Gasteiger partial charge < -0.3 is 9.64 Å². The molecule has 0 spiro atoms. The number of aromatic nitrogens is 2. The van der Waals surface area contributed by atoms with Crippen molar-refractivity contribution in [2.45, 2.75) is 85.1 Å². The first-order chi connectivity index (χ1) is 17.3. The highest BCUT2D eigenvalue weighted by atomic mass is 16.6. The summed E-state index contributed by atoms with van der Waals surface area (Å²) in [6.07, 6.45) is 18.4. The molecule has 196 valence electrons. The van der Waals surface area contributed by atoms with Crippen molar-refractivity contribution in [3.05, 3.63) is 60.0 Å². The van der Waals surface area contributed by atoms with Crippen LogP contribution in [0.2, 0.25) is 0 Å². The molecule has 0 N–H and O–H groups in total. The number of hydrogen-bond donors (Lipinski definition) is 0. The van der Waals surface area contributed by atoms with Gasteiger partial charge in [0.2, 0.25) is 0 Å². The number of likely N-dealkylation sites (tertiary alicyclic amines) is 1. The number of piperidine rings is 1. The molecule has 0 aromatic carbocycles. The summed E-state index contributed by atoms with van der Waals surface area (Å²) in [5, 5.41) is 14.5. The van der Waals surface area contributed by atoms with Crippen LogP contribution in [0.3, 0.4) is 0 Å². The second-order valence-corrected chi connectivity index (χ2v) is 9.72. The number of ether oxygens (including phenoxy) is 1. The highest BCUT2D eigenvalue weighted by molar-refractivity contribution is 5.81. The van der Waals surface area contributed by atoms with E-state index in [-0.39, 0.29) is 11.6 Å². The molecule has 1 unspecified atom stereocenters. The molecule has 1 fully saturated rings. The summed E-state index contributed by atoms with van der Waals surface area (Å²) in [5.74, 6) is 0.601. The van der Waals surface area contributed by atoms with Crippen LogP contribution < -0.4 is 0 Å². The van der Waals surface area contributed by atoms with Gasteiger partial charge in [-0.2, -0.15) is 10.4 Å². The highest BCUT2D eigenvalue weighted by Crippen LogP contribution is 2.35. The second-order valence-electron chi connectivity index (χ2n) is 9.72. The normalized spacial score (nSPS) is 17.2. The van der Waals surface area contributed by atoms with Crippen molar-refractivity contribution in [2.75, 3.05) is 19.7 Å². The monoisotopic (exact) mass is 492 g/mol. The van der Waals surface area contributed by atoms with Gasteiger partial charge in [0.25, 0.3) is 0 Å². The van der Waals surface area contributed by atoms with Gasteiger partial charge in [0.05, 0.1) is 30.8 Å². The molecular formula is C30H44N4O2. The molecule has 0 radical (unpaired) electrons. The minimum Gasteiger partial charge on any atom is -0.450 e. The fraction of sp³-hybridized carbons (Fsp3) is 0.567. The van der Waals surface area contributed by atoms with Gasteiger partial charge in [0, 0.05) is 24.8 Å². The first kappa shape index (κ1) is 29.2. The number of hydrogen-bond acceptors (Lipinski definition) is 4. The van der Waals surface area contributed by atoms with Gasteiger partial charge >= 0.3 is 6.09 Å². The fourth-order valence-corrected chi connectivity index (χ4v) is 5.09. The quantitative estimate of drug-likeness (QED) is 0.285. The molecule has 1 atom stereocenters. The van der Waals surface area contributed by atoms with Crippen LogP contribution >= 0.6 is 0 Å². The minimum atomic E-state index is -0.330. The Morgan fingerprint density at radius 1 is 1.28 bits per heavy atom. The van der Waals surface area contributed by atoms with E-state index in [1.807, 2.05) is 55.6 Å². The van der Waals surface area contributed by atoms with Crippen molar-refractivity contribution in [1.82, 2.24) is 14.7 Å². The largest absolute Gasteiger partial charge is 0.450 e. The van der Waals surface area contributed by atoms with Crippen LogP contribution in [0.15, 0.2) is 54.4 Å². The Bertz CT molecular complexity index is 1000. The molecule has 2 rings (SSSR count). The standard InChI is InChI=1S/C30H44N4O2/c1-7-12-27(24(5)6)28(13-8-2)26-22-32-34(23-26)30(9-3,18-19-31)17-11-14-25-15-20-33(21-16-25)29(35)36-10-4/h7-8,12-13,22-23,25H,5,9-11,14-18,20-21H2,1-4,6H3/b12-7-,13-8-,28-27+. The predicted octanol–water partition coefficient (Wildman–Crippen LogP) is 7.42. The molecule has 1 aliphatic rings. The van der Waals surface area contributed by atoms with Crippen molar-refractivity contribution in [2.24, 2.45) is 5.92 Å². The van der Waals surface area contributed by atoms with E-state index < -0.39 is 0 Å². The number of carbonyl (C=O) groups is 1. The number of rotatable bonds is 12. The molecule has 1 aromatic rings. The topological polar surface area (TPSA) is 71.2 Å². The van der Waals surface area contributed by atoms with Crippen LogP contribution in [0.4, 0.5) is 4.79 Å². The maximum Gasteiger partial charge on any atom is 0.409 e. The average molecular weight is 493 g/mol. The van der Waals surface area contributed by atoms with E-state index in [0.717, 1.165) is 73.9 Å². The summed E-state index contributed by atoms with van der Waals surface area (Å²) >= 11 is 0. The van der Waals surface area contributed by atoms with Crippen LogP contribution in [0.1, 0.15) is 85.1 Å². The average Bonchev–Trinajstić information content (AvgIpc) is 3.36. The fourth-order valence-electron chi connectivity index (χ4n) is 5.09.